The standard InChI is InChI=1S/C9H17N3O/c10-9(11-13)7-5-8-3-1-2-4-12(8)6-7/h7-8,13H,1-6H2,(H2,10,11)/t7-,8-/m1/s1. The van der Waals surface area contributed by atoms with Crippen molar-refractivity contribution in [3.63, 3.8) is 0 Å². The van der Waals surface area contributed by atoms with E-state index in [-0.39, 0.29) is 5.92 Å². The Balaban J connectivity index is 1.98. The predicted molar refractivity (Wildman–Crippen MR) is 50.7 cm³/mol. The second-order valence-electron chi connectivity index (χ2n) is 4.10. The number of oxime groups is 1. The first-order valence-corrected chi connectivity index (χ1v) is 5.02. The summed E-state index contributed by atoms with van der Waals surface area (Å²) >= 11 is 0. The molecular formula is C9H17N3O. The molecule has 2 fully saturated rings. The monoisotopic (exact) mass is 183 g/mol. The third-order valence-corrected chi connectivity index (χ3v) is 3.29. The molecule has 0 aliphatic carbocycles. The van der Waals surface area contributed by atoms with Crippen LogP contribution in [0.5, 0.6) is 0 Å². The van der Waals surface area contributed by atoms with Crippen LogP contribution >= 0.6 is 0 Å². The third kappa shape index (κ3) is 1.63. The number of hydrogen-bond donors (Lipinski definition) is 2. The summed E-state index contributed by atoms with van der Waals surface area (Å²) in [5.74, 6) is 0.697. The van der Waals surface area contributed by atoms with Crippen LogP contribution in [-0.2, 0) is 0 Å². The summed E-state index contributed by atoms with van der Waals surface area (Å²) in [4.78, 5) is 2.48. The molecular weight excluding hydrogens is 166 g/mol. The summed E-state index contributed by atoms with van der Waals surface area (Å²) in [6.07, 6.45) is 5.01. The first-order chi connectivity index (χ1) is 6.31. The number of fused-ring (bicyclic) bond motifs is 1. The van der Waals surface area contributed by atoms with Gasteiger partial charge in [-0.2, -0.15) is 0 Å². The summed E-state index contributed by atoms with van der Waals surface area (Å²) in [6, 6.07) is 0.694. The lowest BCUT2D eigenvalue weighted by molar-refractivity contribution is 0.197. The summed E-state index contributed by atoms with van der Waals surface area (Å²) in [7, 11) is 0. The van der Waals surface area contributed by atoms with Crippen molar-refractivity contribution in [1.29, 1.82) is 0 Å². The molecule has 0 aromatic heterocycles. The topological polar surface area (TPSA) is 61.9 Å². The molecule has 2 atom stereocenters. The van der Waals surface area contributed by atoms with E-state index in [1.165, 1.54) is 25.8 Å². The molecule has 74 valence electrons. The van der Waals surface area contributed by atoms with Gasteiger partial charge in [0.1, 0.15) is 5.84 Å². The number of piperidine rings is 1. The van der Waals surface area contributed by atoms with Crippen molar-refractivity contribution in [2.45, 2.75) is 31.7 Å². The second kappa shape index (κ2) is 3.54. The highest BCUT2D eigenvalue weighted by molar-refractivity contribution is 5.82. The molecule has 0 aromatic carbocycles. The van der Waals surface area contributed by atoms with Gasteiger partial charge in [-0.1, -0.05) is 11.6 Å². The molecule has 0 unspecified atom stereocenters. The smallest absolute Gasteiger partial charge is 0.143 e. The molecule has 2 rings (SSSR count). The zero-order valence-electron chi connectivity index (χ0n) is 7.82. The Morgan fingerprint density at radius 2 is 2.31 bits per heavy atom. The van der Waals surface area contributed by atoms with Crippen LogP contribution in [0.3, 0.4) is 0 Å². The van der Waals surface area contributed by atoms with Gasteiger partial charge in [-0.25, -0.2) is 0 Å². The Morgan fingerprint density at radius 3 is 3.00 bits per heavy atom. The van der Waals surface area contributed by atoms with Crippen LogP contribution in [0.2, 0.25) is 0 Å². The van der Waals surface area contributed by atoms with Gasteiger partial charge in [-0.05, 0) is 25.8 Å². The van der Waals surface area contributed by atoms with E-state index in [1.807, 2.05) is 0 Å². The van der Waals surface area contributed by atoms with Gasteiger partial charge in [-0.3, -0.25) is 4.90 Å². The highest BCUT2D eigenvalue weighted by atomic mass is 16.4. The van der Waals surface area contributed by atoms with Crippen LogP contribution in [0.1, 0.15) is 25.7 Å². The van der Waals surface area contributed by atoms with Gasteiger partial charge in [0.15, 0.2) is 0 Å². The van der Waals surface area contributed by atoms with Gasteiger partial charge in [0.25, 0.3) is 0 Å². The van der Waals surface area contributed by atoms with Crippen molar-refractivity contribution in [3.8, 4) is 0 Å². The van der Waals surface area contributed by atoms with Gasteiger partial charge in [0.05, 0.1) is 0 Å². The SMILES string of the molecule is N/C(=N/O)[C@@H]1C[C@H]2CCCCN2C1. The molecule has 0 bridgehead atoms. The van der Waals surface area contributed by atoms with Crippen LogP contribution in [-0.4, -0.2) is 35.1 Å². The minimum Gasteiger partial charge on any atom is -0.409 e. The lowest BCUT2D eigenvalue weighted by Crippen LogP contribution is -2.34. The first-order valence-electron chi connectivity index (χ1n) is 5.02. The molecule has 0 spiro atoms. The maximum atomic E-state index is 8.57. The second-order valence-corrected chi connectivity index (χ2v) is 4.10. The molecule has 3 N–H and O–H groups in total. The molecule has 2 saturated heterocycles. The number of amidine groups is 1. The van der Waals surface area contributed by atoms with Crippen molar-refractivity contribution in [2.24, 2.45) is 16.8 Å². The van der Waals surface area contributed by atoms with E-state index in [0.29, 0.717) is 11.9 Å². The lowest BCUT2D eigenvalue weighted by atomic mass is 9.99. The Bertz CT molecular complexity index is 203. The Kier molecular flexibility index (Phi) is 2.40. The van der Waals surface area contributed by atoms with Gasteiger partial charge >= 0.3 is 0 Å². The zero-order valence-corrected chi connectivity index (χ0v) is 7.82. The molecule has 0 radical (unpaired) electrons. The van der Waals surface area contributed by atoms with Crippen LogP contribution < -0.4 is 5.73 Å². The normalized spacial score (nSPS) is 36.2. The quantitative estimate of drug-likeness (QED) is 0.271. The zero-order chi connectivity index (χ0) is 9.26. The van der Waals surface area contributed by atoms with Gasteiger partial charge < -0.3 is 10.9 Å². The number of rotatable bonds is 1. The van der Waals surface area contributed by atoms with Crippen molar-refractivity contribution in [3.05, 3.63) is 0 Å². The van der Waals surface area contributed by atoms with Crippen molar-refractivity contribution in [1.82, 2.24) is 4.90 Å². The largest absolute Gasteiger partial charge is 0.409 e. The third-order valence-electron chi connectivity index (χ3n) is 3.29. The Labute approximate surface area is 78.4 Å². The fourth-order valence-electron chi connectivity index (χ4n) is 2.55. The highest BCUT2D eigenvalue weighted by Crippen LogP contribution is 2.30. The number of nitrogens with zero attached hydrogens (tertiary/aromatic N) is 2. The average molecular weight is 183 g/mol. The molecule has 4 heteroatoms. The Hall–Kier alpha value is -0.770. The van der Waals surface area contributed by atoms with E-state index in [2.05, 4.69) is 10.1 Å². The van der Waals surface area contributed by atoms with Gasteiger partial charge in [0, 0.05) is 18.5 Å². The number of nitrogens with two attached hydrogens (primary N) is 1. The summed E-state index contributed by atoms with van der Waals surface area (Å²) in [5, 5.41) is 11.7. The maximum absolute atomic E-state index is 8.57. The molecule has 2 aliphatic rings. The van der Waals surface area contributed by atoms with E-state index >= 15 is 0 Å². The molecule has 0 aromatic rings. The van der Waals surface area contributed by atoms with Crippen molar-refractivity contribution < 1.29 is 5.21 Å². The van der Waals surface area contributed by atoms with E-state index in [1.54, 1.807) is 0 Å². The van der Waals surface area contributed by atoms with Crippen molar-refractivity contribution in [2.75, 3.05) is 13.1 Å². The van der Waals surface area contributed by atoms with Crippen LogP contribution in [0.4, 0.5) is 0 Å². The predicted octanol–water partition coefficient (Wildman–Crippen LogP) is 0.607. The van der Waals surface area contributed by atoms with Crippen molar-refractivity contribution >= 4 is 5.84 Å². The van der Waals surface area contributed by atoms with E-state index in [0.717, 1.165) is 13.0 Å². The van der Waals surface area contributed by atoms with Gasteiger partial charge in [-0.15, -0.1) is 0 Å². The molecule has 0 saturated carbocycles. The summed E-state index contributed by atoms with van der Waals surface area (Å²) < 4.78 is 0. The van der Waals surface area contributed by atoms with Gasteiger partial charge in [0.2, 0.25) is 0 Å². The molecule has 2 heterocycles. The minimum atomic E-state index is 0.285. The molecule has 4 nitrogen and oxygen atoms in total. The maximum Gasteiger partial charge on any atom is 0.143 e. The minimum absolute atomic E-state index is 0.285. The fraction of sp³-hybridized carbons (Fsp3) is 0.889. The highest BCUT2D eigenvalue weighted by Gasteiger charge is 2.35. The molecule has 2 aliphatic heterocycles. The summed E-state index contributed by atoms with van der Waals surface area (Å²) in [5.41, 5.74) is 5.61. The summed E-state index contributed by atoms with van der Waals surface area (Å²) in [6.45, 7) is 2.18. The number of hydrogen-bond acceptors (Lipinski definition) is 3. The average Bonchev–Trinajstić information content (AvgIpc) is 2.59. The van der Waals surface area contributed by atoms with Crippen LogP contribution in [0.25, 0.3) is 0 Å². The van der Waals surface area contributed by atoms with Crippen LogP contribution in [0, 0.1) is 5.92 Å². The van der Waals surface area contributed by atoms with Crippen LogP contribution in [0.15, 0.2) is 5.16 Å². The molecule has 13 heavy (non-hydrogen) atoms. The molecule has 0 amide bonds. The van der Waals surface area contributed by atoms with E-state index in [9.17, 15) is 0 Å². The lowest BCUT2D eigenvalue weighted by Gasteiger charge is -2.28. The Morgan fingerprint density at radius 1 is 1.46 bits per heavy atom. The van der Waals surface area contributed by atoms with E-state index < -0.39 is 0 Å². The fourth-order valence-corrected chi connectivity index (χ4v) is 2.55. The van der Waals surface area contributed by atoms with E-state index in [4.69, 9.17) is 10.9 Å². The first kappa shape index (κ1) is 8.81.